The molecule has 1 aromatic heterocycles. The number of benzene rings is 2. The fraction of sp³-hybridized carbons (Fsp3) is 0.263. The molecule has 3 N–H and O–H groups in total. The molecule has 27 heavy (non-hydrogen) atoms. The second-order valence-corrected chi connectivity index (χ2v) is 9.16. The molecule has 8 heteroatoms. The fourth-order valence-electron chi connectivity index (χ4n) is 3.01. The molecule has 1 unspecified atom stereocenters. The van der Waals surface area contributed by atoms with E-state index in [1.165, 1.54) is 4.68 Å². The van der Waals surface area contributed by atoms with Gasteiger partial charge in [-0.2, -0.15) is 5.10 Å². The highest BCUT2D eigenvalue weighted by Gasteiger charge is 2.23. The summed E-state index contributed by atoms with van der Waals surface area (Å²) in [5.41, 5.74) is 2.83. The molecule has 0 spiro atoms. The Morgan fingerprint density at radius 2 is 1.81 bits per heavy atom. The molecule has 0 saturated heterocycles. The van der Waals surface area contributed by atoms with Gasteiger partial charge in [0.1, 0.15) is 0 Å². The van der Waals surface area contributed by atoms with Crippen molar-refractivity contribution >= 4 is 22.1 Å². The van der Waals surface area contributed by atoms with Gasteiger partial charge < -0.3 is 5.84 Å². The Morgan fingerprint density at radius 3 is 2.41 bits per heavy atom. The highest BCUT2D eigenvalue weighted by Crippen LogP contribution is 2.24. The zero-order valence-electron chi connectivity index (χ0n) is 15.0. The smallest absolute Gasteiger partial charge is 0.214 e. The van der Waals surface area contributed by atoms with Crippen LogP contribution in [0.5, 0.6) is 0 Å². The lowest BCUT2D eigenvalue weighted by Gasteiger charge is -2.17. The van der Waals surface area contributed by atoms with E-state index >= 15 is 0 Å². The first-order valence-electron chi connectivity index (χ1n) is 8.56. The number of aromatic amines is 1. The minimum atomic E-state index is -3.33. The van der Waals surface area contributed by atoms with E-state index in [4.69, 9.17) is 18.1 Å². The van der Waals surface area contributed by atoms with Gasteiger partial charge in [-0.15, -0.1) is 0 Å². The maximum absolute atomic E-state index is 12.8. The zero-order valence-corrected chi connectivity index (χ0v) is 16.6. The molecule has 0 radical (unpaired) electrons. The number of hydrogen-bond donors (Lipinski definition) is 2. The lowest BCUT2D eigenvalue weighted by atomic mass is 9.96. The van der Waals surface area contributed by atoms with Crippen LogP contribution in [0.25, 0.3) is 0 Å². The van der Waals surface area contributed by atoms with E-state index in [1.54, 1.807) is 0 Å². The zero-order chi connectivity index (χ0) is 19.4. The minimum Gasteiger partial charge on any atom is -0.335 e. The lowest BCUT2D eigenvalue weighted by molar-refractivity contribution is 0.582. The predicted molar refractivity (Wildman–Crippen MR) is 109 cm³/mol. The molecular weight excluding hydrogens is 380 g/mol. The molecule has 3 aromatic rings. The standard InChI is InChI=1S/C19H22N4O2S2/c1-14-7-9-16(10-8-14)17(11-18-21-22-19(26)23(18)20)13-27(24,25)12-15-5-3-2-4-6-15/h2-10,17H,11-13,20H2,1H3,(H,22,26). The number of nitrogens with one attached hydrogen (secondary N) is 1. The highest BCUT2D eigenvalue weighted by atomic mass is 32.2. The van der Waals surface area contributed by atoms with Crippen molar-refractivity contribution in [2.75, 3.05) is 11.6 Å². The number of aromatic nitrogens is 3. The van der Waals surface area contributed by atoms with Crippen LogP contribution >= 0.6 is 12.2 Å². The van der Waals surface area contributed by atoms with Crippen LogP contribution in [-0.2, 0) is 22.0 Å². The van der Waals surface area contributed by atoms with Crippen LogP contribution in [0.2, 0.25) is 0 Å². The van der Waals surface area contributed by atoms with Gasteiger partial charge in [-0.1, -0.05) is 60.2 Å². The van der Waals surface area contributed by atoms with Crippen molar-refractivity contribution in [1.29, 1.82) is 0 Å². The van der Waals surface area contributed by atoms with Gasteiger partial charge in [0.25, 0.3) is 0 Å². The van der Waals surface area contributed by atoms with E-state index in [9.17, 15) is 8.42 Å². The number of nitrogens with zero attached hydrogens (tertiary/aromatic N) is 2. The first-order chi connectivity index (χ1) is 12.8. The Labute approximate surface area is 163 Å². The van der Waals surface area contributed by atoms with Gasteiger partial charge in [-0.3, -0.25) is 5.10 Å². The normalized spacial score (nSPS) is 12.8. The van der Waals surface area contributed by atoms with E-state index in [1.807, 2.05) is 61.5 Å². The monoisotopic (exact) mass is 402 g/mol. The molecule has 0 aliphatic heterocycles. The average Bonchev–Trinajstić information content (AvgIpc) is 2.94. The van der Waals surface area contributed by atoms with Crippen molar-refractivity contribution < 1.29 is 8.42 Å². The Hall–Kier alpha value is -2.45. The molecule has 0 amide bonds. The summed E-state index contributed by atoms with van der Waals surface area (Å²) in [7, 11) is -3.33. The minimum absolute atomic E-state index is 0.00454. The molecule has 6 nitrogen and oxygen atoms in total. The van der Waals surface area contributed by atoms with Crippen LogP contribution in [-0.4, -0.2) is 29.0 Å². The van der Waals surface area contributed by atoms with Crippen molar-refractivity contribution in [2.45, 2.75) is 25.0 Å². The SMILES string of the molecule is Cc1ccc(C(Cc2n[nH]c(=S)n2N)CS(=O)(=O)Cc2ccccc2)cc1. The summed E-state index contributed by atoms with van der Waals surface area (Å²) in [5.74, 6) is 6.18. The summed E-state index contributed by atoms with van der Waals surface area (Å²) in [4.78, 5) is 0. The molecule has 1 atom stereocenters. The first-order valence-corrected chi connectivity index (χ1v) is 10.8. The van der Waals surface area contributed by atoms with Crippen molar-refractivity contribution in [3.05, 3.63) is 81.9 Å². The second-order valence-electron chi connectivity index (χ2n) is 6.67. The van der Waals surface area contributed by atoms with Crippen LogP contribution < -0.4 is 5.84 Å². The second kappa shape index (κ2) is 8.06. The fourth-order valence-corrected chi connectivity index (χ4v) is 4.90. The topological polar surface area (TPSA) is 93.8 Å². The van der Waals surface area contributed by atoms with Gasteiger partial charge in [-0.25, -0.2) is 13.1 Å². The third kappa shape index (κ3) is 5.05. The average molecular weight is 403 g/mol. The molecule has 0 fully saturated rings. The number of aryl methyl sites for hydroxylation is 1. The summed E-state index contributed by atoms with van der Waals surface area (Å²) in [6.45, 7) is 2.00. The van der Waals surface area contributed by atoms with Crippen LogP contribution in [0.4, 0.5) is 0 Å². The van der Waals surface area contributed by atoms with Gasteiger partial charge in [0.15, 0.2) is 15.7 Å². The molecule has 142 valence electrons. The van der Waals surface area contributed by atoms with E-state index in [2.05, 4.69) is 10.2 Å². The molecule has 3 rings (SSSR count). The van der Waals surface area contributed by atoms with Gasteiger partial charge in [0.05, 0.1) is 11.5 Å². The summed E-state index contributed by atoms with van der Waals surface area (Å²) < 4.78 is 27.3. The predicted octanol–water partition coefficient (Wildman–Crippen LogP) is 2.90. The van der Waals surface area contributed by atoms with Crippen molar-refractivity contribution in [1.82, 2.24) is 14.9 Å². The molecular formula is C19H22N4O2S2. The van der Waals surface area contributed by atoms with E-state index in [0.717, 1.165) is 16.7 Å². The van der Waals surface area contributed by atoms with Crippen LogP contribution in [0.15, 0.2) is 54.6 Å². The van der Waals surface area contributed by atoms with Gasteiger partial charge in [0, 0.05) is 12.3 Å². The van der Waals surface area contributed by atoms with Gasteiger partial charge in [0.2, 0.25) is 4.77 Å². The number of sulfone groups is 1. The number of H-pyrrole nitrogens is 1. The summed E-state index contributed by atoms with van der Waals surface area (Å²) in [6.07, 6.45) is 0.376. The third-order valence-electron chi connectivity index (χ3n) is 4.44. The van der Waals surface area contributed by atoms with E-state index < -0.39 is 9.84 Å². The maximum Gasteiger partial charge on any atom is 0.214 e. The third-order valence-corrected chi connectivity index (χ3v) is 6.41. The lowest BCUT2D eigenvalue weighted by Crippen LogP contribution is -2.22. The summed E-state index contributed by atoms with van der Waals surface area (Å²) in [5, 5.41) is 6.79. The van der Waals surface area contributed by atoms with Crippen molar-refractivity contribution in [3.63, 3.8) is 0 Å². The van der Waals surface area contributed by atoms with Crippen LogP contribution in [0, 0.1) is 11.7 Å². The number of rotatable bonds is 7. The van der Waals surface area contributed by atoms with E-state index in [-0.39, 0.29) is 17.4 Å². The highest BCUT2D eigenvalue weighted by molar-refractivity contribution is 7.90. The van der Waals surface area contributed by atoms with Crippen LogP contribution in [0.3, 0.4) is 0 Å². The molecule has 0 saturated carbocycles. The summed E-state index contributed by atoms with van der Waals surface area (Å²) in [6, 6.07) is 17.1. The van der Waals surface area contributed by atoms with E-state index in [0.29, 0.717) is 17.0 Å². The quantitative estimate of drug-likeness (QED) is 0.468. The van der Waals surface area contributed by atoms with Gasteiger partial charge in [-0.05, 0) is 30.3 Å². The summed E-state index contributed by atoms with van der Waals surface area (Å²) >= 11 is 5.06. The number of nitrogens with two attached hydrogens (primary N) is 1. The Kier molecular flexibility index (Phi) is 5.76. The number of hydrogen-bond acceptors (Lipinski definition) is 5. The molecule has 2 aromatic carbocycles. The Bertz CT molecular complexity index is 1060. The largest absolute Gasteiger partial charge is 0.335 e. The Balaban J connectivity index is 1.88. The molecule has 0 aliphatic rings. The van der Waals surface area contributed by atoms with Crippen molar-refractivity contribution in [2.24, 2.45) is 0 Å². The van der Waals surface area contributed by atoms with Crippen LogP contribution in [0.1, 0.15) is 28.4 Å². The molecule has 0 aliphatic carbocycles. The molecule has 0 bridgehead atoms. The van der Waals surface area contributed by atoms with Gasteiger partial charge >= 0.3 is 0 Å². The maximum atomic E-state index is 12.8. The van der Waals surface area contributed by atoms with Crippen molar-refractivity contribution in [3.8, 4) is 0 Å². The Morgan fingerprint density at radius 1 is 1.15 bits per heavy atom. The molecule has 1 heterocycles. The first kappa shape index (κ1) is 19.3. The number of nitrogen functional groups attached to an aromatic ring is 1.